The first-order chi connectivity index (χ1) is 9.04. The van der Waals surface area contributed by atoms with Crippen LogP contribution in [0.5, 0.6) is 0 Å². The molecule has 0 spiro atoms. The van der Waals surface area contributed by atoms with E-state index < -0.39 is 12.0 Å². The van der Waals surface area contributed by atoms with Crippen molar-refractivity contribution < 1.29 is 14.7 Å². The zero-order valence-corrected chi connectivity index (χ0v) is 11.8. The predicted molar refractivity (Wildman–Crippen MR) is 75.0 cm³/mol. The van der Waals surface area contributed by atoms with Gasteiger partial charge >= 0.3 is 5.97 Å². The molecule has 2 unspecified atom stereocenters. The third-order valence-corrected chi connectivity index (χ3v) is 3.77. The molecule has 6 heteroatoms. The zero-order valence-electron chi connectivity index (χ0n) is 11.0. The minimum Gasteiger partial charge on any atom is -0.481 e. The Kier molecular flexibility index (Phi) is 6.52. The Balaban J connectivity index is 2.54. The van der Waals surface area contributed by atoms with Crippen molar-refractivity contribution in [2.24, 2.45) is 5.73 Å². The maximum Gasteiger partial charge on any atom is 0.303 e. The van der Waals surface area contributed by atoms with Gasteiger partial charge < -0.3 is 16.2 Å². The third-order valence-electron chi connectivity index (χ3n) is 2.79. The Bertz CT molecular complexity index is 406. The molecule has 1 heterocycles. The van der Waals surface area contributed by atoms with E-state index in [2.05, 4.69) is 12.2 Å². The molecule has 4 N–H and O–H groups in total. The summed E-state index contributed by atoms with van der Waals surface area (Å²) in [5.41, 5.74) is 5.69. The first-order valence-corrected chi connectivity index (χ1v) is 7.23. The molecule has 1 amide bonds. The van der Waals surface area contributed by atoms with E-state index in [1.807, 2.05) is 17.5 Å². The molecule has 0 bridgehead atoms. The first kappa shape index (κ1) is 15.7. The van der Waals surface area contributed by atoms with Crippen LogP contribution < -0.4 is 11.1 Å². The molecule has 1 aromatic rings. The third kappa shape index (κ3) is 5.40. The fourth-order valence-electron chi connectivity index (χ4n) is 1.75. The molecule has 106 valence electrons. The SMILES string of the molecule is CCCC(NC(=O)C(N)CCC(=O)O)c1cccs1. The Morgan fingerprint density at radius 3 is 2.74 bits per heavy atom. The van der Waals surface area contributed by atoms with Gasteiger partial charge in [0.15, 0.2) is 0 Å². The van der Waals surface area contributed by atoms with Crippen LogP contribution in [0.4, 0.5) is 0 Å². The smallest absolute Gasteiger partial charge is 0.303 e. The van der Waals surface area contributed by atoms with E-state index in [-0.39, 0.29) is 24.8 Å². The summed E-state index contributed by atoms with van der Waals surface area (Å²) in [6.45, 7) is 2.05. The summed E-state index contributed by atoms with van der Waals surface area (Å²) < 4.78 is 0. The van der Waals surface area contributed by atoms with Crippen molar-refractivity contribution in [2.75, 3.05) is 0 Å². The number of nitrogens with one attached hydrogen (secondary N) is 1. The largest absolute Gasteiger partial charge is 0.481 e. The van der Waals surface area contributed by atoms with Gasteiger partial charge in [-0.3, -0.25) is 9.59 Å². The van der Waals surface area contributed by atoms with Crippen LogP contribution in [0.1, 0.15) is 43.5 Å². The van der Waals surface area contributed by atoms with Gasteiger partial charge in [0, 0.05) is 11.3 Å². The second-order valence-electron chi connectivity index (χ2n) is 4.40. The minimum atomic E-state index is -0.938. The lowest BCUT2D eigenvalue weighted by molar-refractivity contribution is -0.137. The number of thiophene rings is 1. The van der Waals surface area contributed by atoms with Gasteiger partial charge in [-0.05, 0) is 24.3 Å². The minimum absolute atomic E-state index is 0.0339. The highest BCUT2D eigenvalue weighted by atomic mass is 32.1. The van der Waals surface area contributed by atoms with Gasteiger partial charge in [0.25, 0.3) is 0 Å². The number of amides is 1. The number of carbonyl (C=O) groups excluding carboxylic acids is 1. The molecule has 0 aromatic carbocycles. The summed E-state index contributed by atoms with van der Waals surface area (Å²) in [6, 6.07) is 3.12. The fourth-order valence-corrected chi connectivity index (χ4v) is 2.57. The molecule has 0 saturated heterocycles. The van der Waals surface area contributed by atoms with Crippen molar-refractivity contribution in [3.8, 4) is 0 Å². The van der Waals surface area contributed by atoms with Gasteiger partial charge in [-0.25, -0.2) is 0 Å². The molecule has 5 nitrogen and oxygen atoms in total. The number of carboxylic acids is 1. The van der Waals surface area contributed by atoms with Gasteiger partial charge in [-0.15, -0.1) is 11.3 Å². The van der Waals surface area contributed by atoms with Crippen LogP contribution >= 0.6 is 11.3 Å². The van der Waals surface area contributed by atoms with Crippen molar-refractivity contribution in [3.63, 3.8) is 0 Å². The standard InChI is InChI=1S/C13H20N2O3S/c1-2-4-10(11-5-3-8-19-11)15-13(18)9(14)6-7-12(16)17/h3,5,8-10H,2,4,6-7,14H2,1H3,(H,15,18)(H,16,17). The monoisotopic (exact) mass is 284 g/mol. The second kappa shape index (κ2) is 7.91. The normalized spacial score (nSPS) is 13.8. The topological polar surface area (TPSA) is 92.4 Å². The highest BCUT2D eigenvalue weighted by molar-refractivity contribution is 7.10. The lowest BCUT2D eigenvalue weighted by atomic mass is 10.1. The molecule has 1 aromatic heterocycles. The van der Waals surface area contributed by atoms with E-state index >= 15 is 0 Å². The van der Waals surface area contributed by atoms with Crippen molar-refractivity contribution in [2.45, 2.75) is 44.7 Å². The number of carboxylic acid groups (broad SMARTS) is 1. The second-order valence-corrected chi connectivity index (χ2v) is 5.38. The lowest BCUT2D eigenvalue weighted by Crippen LogP contribution is -2.42. The summed E-state index contributed by atoms with van der Waals surface area (Å²) in [4.78, 5) is 23.5. The van der Waals surface area contributed by atoms with Gasteiger partial charge in [0.1, 0.15) is 0 Å². The molecule has 0 aliphatic rings. The van der Waals surface area contributed by atoms with Crippen LogP contribution in [0.3, 0.4) is 0 Å². The number of hydrogen-bond donors (Lipinski definition) is 3. The number of hydrogen-bond acceptors (Lipinski definition) is 4. The molecule has 0 aliphatic heterocycles. The molecule has 0 saturated carbocycles. The Morgan fingerprint density at radius 2 is 2.21 bits per heavy atom. The van der Waals surface area contributed by atoms with E-state index in [4.69, 9.17) is 10.8 Å². The van der Waals surface area contributed by atoms with Crippen molar-refractivity contribution in [1.29, 1.82) is 0 Å². The van der Waals surface area contributed by atoms with Crippen molar-refractivity contribution in [3.05, 3.63) is 22.4 Å². The van der Waals surface area contributed by atoms with Crippen LogP contribution in [-0.2, 0) is 9.59 Å². The van der Waals surface area contributed by atoms with Crippen LogP contribution in [0, 0.1) is 0 Å². The zero-order chi connectivity index (χ0) is 14.3. The van der Waals surface area contributed by atoms with Crippen LogP contribution in [0.25, 0.3) is 0 Å². The summed E-state index contributed by atoms with van der Waals surface area (Å²) in [7, 11) is 0. The summed E-state index contributed by atoms with van der Waals surface area (Å²) in [5.74, 6) is -1.22. The van der Waals surface area contributed by atoms with E-state index in [1.54, 1.807) is 11.3 Å². The maximum atomic E-state index is 11.9. The van der Waals surface area contributed by atoms with Gasteiger partial charge in [-0.2, -0.15) is 0 Å². The predicted octanol–water partition coefficient (Wildman–Crippen LogP) is 1.90. The van der Waals surface area contributed by atoms with Crippen LogP contribution in [0.15, 0.2) is 17.5 Å². The molecule has 19 heavy (non-hydrogen) atoms. The average Bonchev–Trinajstić information content (AvgIpc) is 2.88. The number of aliphatic carboxylic acids is 1. The molecule has 2 atom stereocenters. The highest BCUT2D eigenvalue weighted by Crippen LogP contribution is 2.23. The van der Waals surface area contributed by atoms with Gasteiger partial charge in [-0.1, -0.05) is 19.4 Å². The summed E-state index contributed by atoms with van der Waals surface area (Å²) in [5, 5.41) is 13.4. The Morgan fingerprint density at radius 1 is 1.47 bits per heavy atom. The fraction of sp³-hybridized carbons (Fsp3) is 0.538. The molecular formula is C13H20N2O3S. The van der Waals surface area contributed by atoms with Gasteiger partial charge in [0.05, 0.1) is 12.1 Å². The van der Waals surface area contributed by atoms with Gasteiger partial charge in [0.2, 0.25) is 5.91 Å². The van der Waals surface area contributed by atoms with Crippen LogP contribution in [0.2, 0.25) is 0 Å². The number of nitrogens with two attached hydrogens (primary N) is 1. The van der Waals surface area contributed by atoms with E-state index in [1.165, 1.54) is 0 Å². The van der Waals surface area contributed by atoms with E-state index in [9.17, 15) is 9.59 Å². The summed E-state index contributed by atoms with van der Waals surface area (Å²) in [6.07, 6.45) is 1.86. The quantitative estimate of drug-likeness (QED) is 0.679. The van der Waals surface area contributed by atoms with Crippen LogP contribution in [-0.4, -0.2) is 23.0 Å². The molecule has 0 radical (unpaired) electrons. The number of rotatable bonds is 8. The lowest BCUT2D eigenvalue weighted by Gasteiger charge is -2.19. The summed E-state index contributed by atoms with van der Waals surface area (Å²) >= 11 is 1.59. The molecule has 1 rings (SSSR count). The van der Waals surface area contributed by atoms with Crippen molar-refractivity contribution in [1.82, 2.24) is 5.32 Å². The highest BCUT2D eigenvalue weighted by Gasteiger charge is 2.20. The Hall–Kier alpha value is -1.40. The van der Waals surface area contributed by atoms with Crippen molar-refractivity contribution >= 4 is 23.2 Å². The molecular weight excluding hydrogens is 264 g/mol. The van der Waals surface area contributed by atoms with E-state index in [0.717, 1.165) is 17.7 Å². The Labute approximate surface area is 116 Å². The first-order valence-electron chi connectivity index (χ1n) is 6.35. The molecule has 0 fully saturated rings. The molecule has 0 aliphatic carbocycles. The maximum absolute atomic E-state index is 11.9. The average molecular weight is 284 g/mol. The van der Waals surface area contributed by atoms with E-state index in [0.29, 0.717) is 0 Å². The number of carbonyl (C=O) groups is 2.